The number of nitrogens with zero attached hydrogens (tertiary/aromatic N) is 3. The van der Waals surface area contributed by atoms with E-state index in [2.05, 4.69) is 21.2 Å². The second kappa shape index (κ2) is 9.64. The van der Waals surface area contributed by atoms with Crippen LogP contribution in [0.15, 0.2) is 29.8 Å². The molecule has 1 aromatic carbocycles. The van der Waals surface area contributed by atoms with Crippen LogP contribution in [0.1, 0.15) is 44.6 Å². The lowest BCUT2D eigenvalue weighted by molar-refractivity contribution is -0.274. The van der Waals surface area contributed by atoms with Crippen molar-refractivity contribution in [2.24, 2.45) is 4.99 Å². The molecule has 0 unspecified atom stereocenters. The molecule has 1 amide bonds. The first-order valence-electron chi connectivity index (χ1n) is 10.4. The zero-order chi connectivity index (χ0) is 21.7. The Bertz CT molecular complexity index is 793. The molecule has 30 heavy (non-hydrogen) atoms. The highest BCUT2D eigenvalue weighted by molar-refractivity contribution is 6.20. The highest BCUT2D eigenvalue weighted by Gasteiger charge is 2.32. The number of aliphatic imine (C=N–C) groups is 1. The molecular weight excluding hydrogens is 395 g/mol. The van der Waals surface area contributed by atoms with Crippen LogP contribution in [0.3, 0.4) is 0 Å². The molecule has 0 saturated carbocycles. The van der Waals surface area contributed by atoms with Crippen LogP contribution in [-0.4, -0.2) is 60.5 Å². The number of alkyl halides is 3. The first-order chi connectivity index (χ1) is 14.3. The molecule has 2 saturated heterocycles. The molecule has 0 radical (unpaired) electrons. The second-order valence-electron chi connectivity index (χ2n) is 7.71. The predicted molar refractivity (Wildman–Crippen MR) is 111 cm³/mol. The number of rotatable bonds is 5. The Morgan fingerprint density at radius 1 is 1.17 bits per heavy atom. The van der Waals surface area contributed by atoms with E-state index < -0.39 is 12.1 Å². The number of ether oxygens (including phenoxy) is 1. The number of carbonyl (C=O) groups excluding carboxylic acids is 1. The Hall–Kier alpha value is -2.35. The number of hydrogen-bond donors (Lipinski definition) is 0. The van der Waals surface area contributed by atoms with E-state index in [0.29, 0.717) is 24.8 Å². The van der Waals surface area contributed by atoms with Gasteiger partial charge in [-0.05, 0) is 63.9 Å². The second-order valence-corrected chi connectivity index (χ2v) is 7.71. The van der Waals surface area contributed by atoms with Gasteiger partial charge in [0.25, 0.3) is 5.91 Å². The summed E-state index contributed by atoms with van der Waals surface area (Å²) in [5, 5.41) is 0. The molecule has 3 rings (SSSR count). The van der Waals surface area contributed by atoms with Crippen molar-refractivity contribution in [2.75, 3.05) is 26.2 Å². The fourth-order valence-corrected chi connectivity index (χ4v) is 4.23. The summed E-state index contributed by atoms with van der Waals surface area (Å²) in [6.07, 6.45) is 2.25. The van der Waals surface area contributed by atoms with E-state index in [1.54, 1.807) is 11.8 Å². The minimum Gasteiger partial charge on any atom is -0.406 e. The number of likely N-dealkylation sites (tertiary alicyclic amines) is 2. The van der Waals surface area contributed by atoms with Gasteiger partial charge in [-0.25, -0.2) is 0 Å². The van der Waals surface area contributed by atoms with Gasteiger partial charge in [-0.2, -0.15) is 0 Å². The highest BCUT2D eigenvalue weighted by Crippen LogP contribution is 2.33. The number of piperidine rings is 2. The molecule has 5 nitrogen and oxygen atoms in total. The molecule has 0 N–H and O–H groups in total. The normalized spacial score (nSPS) is 19.3. The van der Waals surface area contributed by atoms with Crippen LogP contribution >= 0.6 is 0 Å². The van der Waals surface area contributed by atoms with Crippen molar-refractivity contribution >= 4 is 23.4 Å². The maximum absolute atomic E-state index is 13.0. The molecule has 0 bridgehead atoms. The van der Waals surface area contributed by atoms with E-state index in [4.69, 9.17) is 0 Å². The Balaban J connectivity index is 1.70. The monoisotopic (exact) mass is 423 g/mol. The van der Waals surface area contributed by atoms with Gasteiger partial charge >= 0.3 is 6.36 Å². The van der Waals surface area contributed by atoms with E-state index in [1.807, 2.05) is 0 Å². The van der Waals surface area contributed by atoms with Crippen molar-refractivity contribution in [1.29, 1.82) is 0 Å². The first-order valence-corrected chi connectivity index (χ1v) is 10.4. The quantitative estimate of drug-likeness (QED) is 0.505. The number of benzene rings is 1. The van der Waals surface area contributed by atoms with Gasteiger partial charge in [0.1, 0.15) is 5.75 Å². The number of amides is 1. The van der Waals surface area contributed by atoms with Crippen molar-refractivity contribution in [1.82, 2.24) is 9.80 Å². The molecule has 0 aliphatic carbocycles. The van der Waals surface area contributed by atoms with E-state index in [0.717, 1.165) is 25.9 Å². The average molecular weight is 423 g/mol. The number of halogens is 3. The van der Waals surface area contributed by atoms with Gasteiger partial charge < -0.3 is 14.5 Å². The average Bonchev–Trinajstić information content (AvgIpc) is 2.73. The number of carbonyl (C=O) groups is 1. The van der Waals surface area contributed by atoms with E-state index in [1.165, 1.54) is 43.7 Å². The lowest BCUT2D eigenvalue weighted by Gasteiger charge is -2.40. The van der Waals surface area contributed by atoms with Gasteiger partial charge in [-0.1, -0.05) is 13.0 Å². The Labute approximate surface area is 175 Å². The van der Waals surface area contributed by atoms with Crippen molar-refractivity contribution in [3.63, 3.8) is 0 Å². The van der Waals surface area contributed by atoms with E-state index >= 15 is 0 Å². The summed E-state index contributed by atoms with van der Waals surface area (Å²) < 4.78 is 41.8. The SMILES string of the molecule is C=C(C(=O)N1CCC(N2CCCCC2)CC1)c1cc(OC(F)(F)F)ccc1N=CC. The molecule has 2 heterocycles. The topological polar surface area (TPSA) is 45.1 Å². The third-order valence-electron chi connectivity index (χ3n) is 5.71. The van der Waals surface area contributed by atoms with Crippen LogP contribution < -0.4 is 4.74 Å². The van der Waals surface area contributed by atoms with Crippen LogP contribution in [0.5, 0.6) is 5.75 Å². The largest absolute Gasteiger partial charge is 0.573 e. The molecule has 0 aromatic heterocycles. The lowest BCUT2D eigenvalue weighted by atomic mass is 9.98. The highest BCUT2D eigenvalue weighted by atomic mass is 19.4. The predicted octanol–water partition coefficient (Wildman–Crippen LogP) is 4.80. The lowest BCUT2D eigenvalue weighted by Crippen LogP contribution is -2.48. The van der Waals surface area contributed by atoms with Gasteiger partial charge in [0.05, 0.1) is 5.69 Å². The van der Waals surface area contributed by atoms with E-state index in [-0.39, 0.29) is 17.0 Å². The van der Waals surface area contributed by atoms with Gasteiger partial charge in [-0.15, -0.1) is 13.2 Å². The molecule has 8 heteroatoms. The molecule has 2 aliphatic rings. The van der Waals surface area contributed by atoms with Crippen molar-refractivity contribution < 1.29 is 22.7 Å². The maximum Gasteiger partial charge on any atom is 0.573 e. The smallest absolute Gasteiger partial charge is 0.406 e. The van der Waals surface area contributed by atoms with Crippen LogP contribution in [0.25, 0.3) is 5.57 Å². The molecule has 164 valence electrons. The molecule has 1 aromatic rings. The fraction of sp³-hybridized carbons (Fsp3) is 0.545. The molecule has 0 spiro atoms. The summed E-state index contributed by atoms with van der Waals surface area (Å²) in [7, 11) is 0. The summed E-state index contributed by atoms with van der Waals surface area (Å²) in [4.78, 5) is 21.5. The molecular formula is C22H28F3N3O2. The Kier molecular flexibility index (Phi) is 7.18. The third-order valence-corrected chi connectivity index (χ3v) is 5.71. The number of hydrogen-bond acceptors (Lipinski definition) is 4. The Morgan fingerprint density at radius 2 is 1.83 bits per heavy atom. The molecule has 2 fully saturated rings. The van der Waals surface area contributed by atoms with Gasteiger partial charge in [-0.3, -0.25) is 9.79 Å². The summed E-state index contributed by atoms with van der Waals surface area (Å²) in [5.74, 6) is -0.672. The molecule has 0 atom stereocenters. The first kappa shape index (κ1) is 22.3. The van der Waals surface area contributed by atoms with Crippen LogP contribution in [0.4, 0.5) is 18.9 Å². The zero-order valence-corrected chi connectivity index (χ0v) is 17.2. The zero-order valence-electron chi connectivity index (χ0n) is 17.2. The molecule has 2 aliphatic heterocycles. The maximum atomic E-state index is 13.0. The van der Waals surface area contributed by atoms with Gasteiger partial charge in [0.15, 0.2) is 0 Å². The third kappa shape index (κ3) is 5.62. The van der Waals surface area contributed by atoms with Gasteiger partial charge in [0, 0.05) is 36.5 Å². The fourth-order valence-electron chi connectivity index (χ4n) is 4.23. The Morgan fingerprint density at radius 3 is 2.43 bits per heavy atom. The van der Waals surface area contributed by atoms with Crippen molar-refractivity contribution in [2.45, 2.75) is 51.4 Å². The van der Waals surface area contributed by atoms with Crippen molar-refractivity contribution in [3.05, 3.63) is 30.3 Å². The standard InChI is InChI=1S/C22H28F3N3O2/c1-3-26-20-8-7-18(30-22(23,24)25)15-19(20)16(2)21(29)28-13-9-17(10-14-28)27-11-5-4-6-12-27/h3,7-8,15,17H,2,4-6,9-14H2,1H3. The summed E-state index contributed by atoms with van der Waals surface area (Å²) in [6.45, 7) is 9.04. The minimum atomic E-state index is -4.81. The van der Waals surface area contributed by atoms with Crippen LogP contribution in [0.2, 0.25) is 0 Å². The summed E-state index contributed by atoms with van der Waals surface area (Å²) in [6, 6.07) is 4.25. The minimum absolute atomic E-state index is 0.125. The van der Waals surface area contributed by atoms with Crippen LogP contribution in [-0.2, 0) is 4.79 Å². The van der Waals surface area contributed by atoms with Gasteiger partial charge in [0.2, 0.25) is 0 Å². The summed E-state index contributed by atoms with van der Waals surface area (Å²) >= 11 is 0. The summed E-state index contributed by atoms with van der Waals surface area (Å²) in [5.41, 5.74) is 0.756. The van der Waals surface area contributed by atoms with Crippen LogP contribution in [0, 0.1) is 0 Å². The van der Waals surface area contributed by atoms with Crippen molar-refractivity contribution in [3.8, 4) is 5.75 Å². The van der Waals surface area contributed by atoms with E-state index in [9.17, 15) is 18.0 Å².